The Balaban J connectivity index is 1.55. The van der Waals surface area contributed by atoms with Crippen molar-refractivity contribution < 1.29 is 23.9 Å². The lowest BCUT2D eigenvalue weighted by Crippen LogP contribution is -2.31. The van der Waals surface area contributed by atoms with E-state index in [0.29, 0.717) is 37.3 Å². The molecule has 2 aromatic carbocycles. The van der Waals surface area contributed by atoms with Gasteiger partial charge < -0.3 is 14.8 Å². The van der Waals surface area contributed by atoms with Gasteiger partial charge in [0.25, 0.3) is 17.7 Å². The predicted octanol–water partition coefficient (Wildman–Crippen LogP) is 2.44. The van der Waals surface area contributed by atoms with E-state index in [4.69, 9.17) is 9.47 Å². The molecule has 0 saturated carbocycles. The maximum Gasteiger partial charge on any atom is 0.261 e. The van der Waals surface area contributed by atoms with E-state index in [1.54, 1.807) is 13.2 Å². The Hall–Kier alpha value is -3.19. The third-order valence-electron chi connectivity index (χ3n) is 4.64. The van der Waals surface area contributed by atoms with Gasteiger partial charge in [0.15, 0.2) is 0 Å². The van der Waals surface area contributed by atoms with Crippen LogP contribution >= 0.6 is 0 Å². The molecule has 2 aromatic rings. The molecular weight excluding hydrogens is 372 g/mol. The number of imide groups is 1. The number of benzene rings is 2. The van der Waals surface area contributed by atoms with Crippen molar-refractivity contribution in [3.05, 3.63) is 64.7 Å². The van der Waals surface area contributed by atoms with Gasteiger partial charge in [-0.25, -0.2) is 0 Å². The summed E-state index contributed by atoms with van der Waals surface area (Å²) in [5.41, 5.74) is 2.06. The van der Waals surface area contributed by atoms with Crippen LogP contribution in [-0.2, 0) is 4.74 Å². The van der Waals surface area contributed by atoms with Crippen molar-refractivity contribution in [2.75, 3.05) is 33.4 Å². The van der Waals surface area contributed by atoms with E-state index >= 15 is 0 Å². The molecule has 0 fully saturated rings. The molecule has 7 nitrogen and oxygen atoms in total. The Morgan fingerprint density at radius 3 is 2.45 bits per heavy atom. The molecule has 0 aromatic heterocycles. The van der Waals surface area contributed by atoms with Crippen LogP contribution in [0.2, 0.25) is 0 Å². The number of hydrogen-bond donors (Lipinski definition) is 1. The zero-order valence-corrected chi connectivity index (χ0v) is 16.6. The molecule has 0 bridgehead atoms. The van der Waals surface area contributed by atoms with Gasteiger partial charge in [-0.1, -0.05) is 17.7 Å². The third kappa shape index (κ3) is 4.81. The van der Waals surface area contributed by atoms with Crippen LogP contribution < -0.4 is 10.1 Å². The Morgan fingerprint density at radius 1 is 1.00 bits per heavy atom. The zero-order valence-electron chi connectivity index (χ0n) is 16.6. The van der Waals surface area contributed by atoms with Gasteiger partial charge in [0.2, 0.25) is 0 Å². The molecule has 0 saturated heterocycles. The highest BCUT2D eigenvalue weighted by atomic mass is 16.5. The van der Waals surface area contributed by atoms with E-state index in [2.05, 4.69) is 5.32 Å². The SMILES string of the molecule is COCCCN1C(=O)c2ccc(C(=O)NCCOc3ccc(C)cc3)cc2C1=O. The molecule has 0 unspecified atom stereocenters. The van der Waals surface area contributed by atoms with Crippen LogP contribution in [0, 0.1) is 6.92 Å². The number of carbonyl (C=O) groups is 3. The summed E-state index contributed by atoms with van der Waals surface area (Å²) in [5.74, 6) is -0.295. The Labute approximate surface area is 169 Å². The molecule has 0 atom stereocenters. The number of nitrogens with one attached hydrogen (secondary N) is 1. The highest BCUT2D eigenvalue weighted by molar-refractivity contribution is 6.22. The van der Waals surface area contributed by atoms with Gasteiger partial charge in [-0.05, 0) is 43.7 Å². The van der Waals surface area contributed by atoms with Crippen molar-refractivity contribution in [3.63, 3.8) is 0 Å². The van der Waals surface area contributed by atoms with E-state index in [1.165, 1.54) is 17.0 Å². The molecule has 0 aliphatic carbocycles. The van der Waals surface area contributed by atoms with Crippen LogP contribution in [0.1, 0.15) is 43.1 Å². The molecule has 1 heterocycles. The van der Waals surface area contributed by atoms with Gasteiger partial charge in [0, 0.05) is 25.8 Å². The van der Waals surface area contributed by atoms with E-state index < -0.39 is 0 Å². The highest BCUT2D eigenvalue weighted by Gasteiger charge is 2.35. The van der Waals surface area contributed by atoms with E-state index in [0.717, 1.165) is 11.3 Å². The first-order valence-corrected chi connectivity index (χ1v) is 9.48. The fraction of sp³-hybridized carbons (Fsp3) is 0.318. The molecule has 3 amide bonds. The number of rotatable bonds is 9. The van der Waals surface area contributed by atoms with Crippen molar-refractivity contribution in [3.8, 4) is 5.75 Å². The lowest BCUT2D eigenvalue weighted by molar-refractivity contribution is 0.0638. The maximum absolute atomic E-state index is 12.5. The summed E-state index contributed by atoms with van der Waals surface area (Å²) in [5, 5.41) is 2.76. The van der Waals surface area contributed by atoms with Gasteiger partial charge in [-0.15, -0.1) is 0 Å². The molecule has 3 rings (SSSR count). The molecular formula is C22H24N2O5. The monoisotopic (exact) mass is 396 g/mol. The maximum atomic E-state index is 12.5. The predicted molar refractivity (Wildman–Crippen MR) is 107 cm³/mol. The minimum absolute atomic E-state index is 0.260. The number of ether oxygens (including phenoxy) is 2. The molecule has 152 valence electrons. The lowest BCUT2D eigenvalue weighted by Gasteiger charge is -2.12. The number of carbonyl (C=O) groups excluding carboxylic acids is 3. The summed E-state index contributed by atoms with van der Waals surface area (Å²) < 4.78 is 10.6. The quantitative estimate of drug-likeness (QED) is 0.520. The fourth-order valence-electron chi connectivity index (χ4n) is 3.07. The van der Waals surface area contributed by atoms with Gasteiger partial charge in [0.05, 0.1) is 17.7 Å². The van der Waals surface area contributed by atoms with Crippen molar-refractivity contribution in [2.45, 2.75) is 13.3 Å². The number of amides is 3. The smallest absolute Gasteiger partial charge is 0.261 e. The van der Waals surface area contributed by atoms with E-state index in [1.807, 2.05) is 31.2 Å². The Morgan fingerprint density at radius 2 is 1.72 bits per heavy atom. The second-order valence-electron chi connectivity index (χ2n) is 6.79. The Kier molecular flexibility index (Phi) is 6.61. The molecule has 7 heteroatoms. The average Bonchev–Trinajstić information content (AvgIpc) is 2.97. The molecule has 1 N–H and O–H groups in total. The summed E-state index contributed by atoms with van der Waals surface area (Å²) in [6, 6.07) is 12.2. The largest absolute Gasteiger partial charge is 0.492 e. The molecule has 0 radical (unpaired) electrons. The fourth-order valence-corrected chi connectivity index (χ4v) is 3.07. The summed E-state index contributed by atoms with van der Waals surface area (Å²) in [6.07, 6.45) is 0.566. The zero-order chi connectivity index (χ0) is 20.8. The van der Waals surface area contributed by atoms with Crippen LogP contribution in [0.15, 0.2) is 42.5 Å². The van der Waals surface area contributed by atoms with Crippen molar-refractivity contribution in [1.82, 2.24) is 10.2 Å². The molecule has 1 aliphatic heterocycles. The lowest BCUT2D eigenvalue weighted by atomic mass is 10.1. The van der Waals surface area contributed by atoms with Crippen LogP contribution in [0.3, 0.4) is 0 Å². The van der Waals surface area contributed by atoms with E-state index in [9.17, 15) is 14.4 Å². The highest BCUT2D eigenvalue weighted by Crippen LogP contribution is 2.24. The van der Waals surface area contributed by atoms with Crippen molar-refractivity contribution in [2.24, 2.45) is 0 Å². The molecule has 1 aliphatic rings. The van der Waals surface area contributed by atoms with Crippen LogP contribution in [0.25, 0.3) is 0 Å². The standard InChI is InChI=1S/C22H24N2O5/c1-15-4-7-17(8-5-15)29-13-10-23-20(25)16-6-9-18-19(14-16)22(27)24(21(18)26)11-3-12-28-2/h4-9,14H,3,10-13H2,1-2H3,(H,23,25). The van der Waals surface area contributed by atoms with Crippen LogP contribution in [0.4, 0.5) is 0 Å². The number of nitrogens with zero attached hydrogens (tertiary/aromatic N) is 1. The molecule has 0 spiro atoms. The van der Waals surface area contributed by atoms with Crippen LogP contribution in [-0.4, -0.2) is 56.0 Å². The van der Waals surface area contributed by atoms with E-state index in [-0.39, 0.29) is 29.8 Å². The normalized spacial score (nSPS) is 12.8. The number of hydrogen-bond acceptors (Lipinski definition) is 5. The van der Waals surface area contributed by atoms with Gasteiger partial charge in [-0.3, -0.25) is 19.3 Å². The summed E-state index contributed by atoms with van der Waals surface area (Å²) in [4.78, 5) is 38.5. The van der Waals surface area contributed by atoms with Gasteiger partial charge in [-0.2, -0.15) is 0 Å². The van der Waals surface area contributed by atoms with Crippen molar-refractivity contribution in [1.29, 1.82) is 0 Å². The topological polar surface area (TPSA) is 84.9 Å². The minimum atomic E-state index is -0.376. The second kappa shape index (κ2) is 9.34. The van der Waals surface area contributed by atoms with Crippen LogP contribution in [0.5, 0.6) is 5.75 Å². The van der Waals surface area contributed by atoms with Gasteiger partial charge >= 0.3 is 0 Å². The summed E-state index contributed by atoms with van der Waals surface area (Å²) >= 11 is 0. The first-order chi connectivity index (χ1) is 14.0. The van der Waals surface area contributed by atoms with Gasteiger partial charge in [0.1, 0.15) is 12.4 Å². The second-order valence-corrected chi connectivity index (χ2v) is 6.79. The average molecular weight is 396 g/mol. The Bertz CT molecular complexity index is 908. The minimum Gasteiger partial charge on any atom is -0.492 e. The number of methoxy groups -OCH3 is 1. The van der Waals surface area contributed by atoms with Crippen molar-refractivity contribution >= 4 is 17.7 Å². The molecule has 29 heavy (non-hydrogen) atoms. The number of aryl methyl sites for hydroxylation is 1. The first kappa shape index (κ1) is 20.5. The first-order valence-electron chi connectivity index (χ1n) is 9.48. The third-order valence-corrected chi connectivity index (χ3v) is 4.64. The summed E-state index contributed by atoms with van der Waals surface area (Å²) in [6.45, 7) is 3.39. The summed E-state index contributed by atoms with van der Waals surface area (Å²) in [7, 11) is 1.57. The number of fused-ring (bicyclic) bond motifs is 1.